The molecule has 6 nitrogen and oxygen atoms in total. The summed E-state index contributed by atoms with van der Waals surface area (Å²) < 4.78 is 38.0. The Labute approximate surface area is 184 Å². The van der Waals surface area contributed by atoms with Gasteiger partial charge in [0.1, 0.15) is 11.0 Å². The van der Waals surface area contributed by atoms with E-state index in [4.69, 9.17) is 28.6 Å². The van der Waals surface area contributed by atoms with Crippen LogP contribution in [0.25, 0.3) is 0 Å². The summed E-state index contributed by atoms with van der Waals surface area (Å²) in [5.74, 6) is -0.533. The summed E-state index contributed by atoms with van der Waals surface area (Å²) in [5.41, 5.74) is -0.0818. The van der Waals surface area contributed by atoms with Gasteiger partial charge in [-0.2, -0.15) is 13.2 Å². The van der Waals surface area contributed by atoms with Crippen molar-refractivity contribution in [2.24, 2.45) is 0 Å². The molecule has 2 heterocycles. The highest BCUT2D eigenvalue weighted by Gasteiger charge is 2.30. The first-order valence-electron chi connectivity index (χ1n) is 8.72. The highest BCUT2D eigenvalue weighted by molar-refractivity contribution is 6.70. The molecule has 31 heavy (non-hydrogen) atoms. The van der Waals surface area contributed by atoms with Crippen molar-refractivity contribution in [2.45, 2.75) is 12.7 Å². The van der Waals surface area contributed by atoms with Gasteiger partial charge in [-0.3, -0.25) is 15.2 Å². The minimum atomic E-state index is -4.48. The SMILES string of the molecule is N=C(Cl)c1c(NCc2ccccn2)ncc(C(=O)Nc2ccc(C(F)(F)F)cc2)c1Cl. The van der Waals surface area contributed by atoms with Gasteiger partial charge < -0.3 is 10.6 Å². The van der Waals surface area contributed by atoms with Gasteiger partial charge in [0.25, 0.3) is 5.91 Å². The molecule has 3 rings (SSSR count). The molecule has 2 aromatic heterocycles. The molecule has 160 valence electrons. The van der Waals surface area contributed by atoms with Gasteiger partial charge >= 0.3 is 6.18 Å². The zero-order chi connectivity index (χ0) is 22.6. The van der Waals surface area contributed by atoms with Crippen LogP contribution in [0.1, 0.15) is 27.2 Å². The number of hydrogen-bond acceptors (Lipinski definition) is 5. The number of carbonyl (C=O) groups is 1. The van der Waals surface area contributed by atoms with Gasteiger partial charge in [-0.15, -0.1) is 0 Å². The molecule has 1 amide bonds. The Kier molecular flexibility index (Phi) is 6.77. The third-order valence-corrected chi connectivity index (χ3v) is 4.69. The maximum absolute atomic E-state index is 12.7. The number of nitrogens with zero attached hydrogens (tertiary/aromatic N) is 2. The first kappa shape index (κ1) is 22.5. The van der Waals surface area contributed by atoms with Crippen molar-refractivity contribution in [3.8, 4) is 0 Å². The van der Waals surface area contributed by atoms with E-state index in [9.17, 15) is 18.0 Å². The summed E-state index contributed by atoms with van der Waals surface area (Å²) in [6.45, 7) is 0.276. The summed E-state index contributed by atoms with van der Waals surface area (Å²) in [6, 6.07) is 9.29. The maximum atomic E-state index is 12.7. The van der Waals surface area contributed by atoms with Crippen LogP contribution in [-0.4, -0.2) is 21.0 Å². The molecule has 0 spiro atoms. The Morgan fingerprint density at radius 2 is 1.81 bits per heavy atom. The highest BCUT2D eigenvalue weighted by Crippen LogP contribution is 2.31. The van der Waals surface area contributed by atoms with Crippen molar-refractivity contribution < 1.29 is 18.0 Å². The zero-order valence-electron chi connectivity index (χ0n) is 15.6. The molecule has 0 fully saturated rings. The predicted octanol–water partition coefficient (Wildman–Crippen LogP) is 5.58. The fourth-order valence-electron chi connectivity index (χ4n) is 2.60. The summed E-state index contributed by atoms with van der Waals surface area (Å²) in [5, 5.41) is 12.6. The number of benzene rings is 1. The quantitative estimate of drug-likeness (QED) is 0.412. The first-order chi connectivity index (χ1) is 14.7. The van der Waals surface area contributed by atoms with E-state index >= 15 is 0 Å². The molecule has 0 bridgehead atoms. The van der Waals surface area contributed by atoms with Crippen molar-refractivity contribution in [3.63, 3.8) is 0 Å². The van der Waals surface area contributed by atoms with Crippen LogP contribution in [-0.2, 0) is 12.7 Å². The number of hydrogen-bond donors (Lipinski definition) is 3. The van der Waals surface area contributed by atoms with E-state index in [-0.39, 0.29) is 34.2 Å². The topological polar surface area (TPSA) is 90.8 Å². The van der Waals surface area contributed by atoms with Gasteiger partial charge in [0.2, 0.25) is 0 Å². The second-order valence-electron chi connectivity index (χ2n) is 6.23. The number of anilines is 2. The van der Waals surface area contributed by atoms with Gasteiger partial charge in [-0.05, 0) is 36.4 Å². The molecule has 0 saturated carbocycles. The van der Waals surface area contributed by atoms with Crippen molar-refractivity contribution in [3.05, 3.63) is 82.3 Å². The van der Waals surface area contributed by atoms with E-state index in [2.05, 4.69) is 20.6 Å². The van der Waals surface area contributed by atoms with E-state index in [1.54, 1.807) is 18.3 Å². The summed E-state index contributed by atoms with van der Waals surface area (Å²) >= 11 is 12.2. The van der Waals surface area contributed by atoms with Gasteiger partial charge in [0, 0.05) is 18.1 Å². The molecule has 1 aromatic carbocycles. The number of pyridine rings is 2. The van der Waals surface area contributed by atoms with Crippen molar-refractivity contribution in [1.29, 1.82) is 5.41 Å². The second-order valence-corrected chi connectivity index (χ2v) is 6.98. The Morgan fingerprint density at radius 1 is 1.10 bits per heavy atom. The molecule has 0 atom stereocenters. The lowest BCUT2D eigenvalue weighted by atomic mass is 10.1. The fraction of sp³-hybridized carbons (Fsp3) is 0.100. The molecular formula is C20H14Cl2F3N5O. The standard InChI is InChI=1S/C20H14Cl2F3N5O/c21-16-14(19(31)30-12-6-4-11(5-7-12)20(23,24)25)10-29-18(15(16)17(22)26)28-9-13-3-1-2-8-27-13/h1-8,10,26H,9H2,(H,28,29)(H,30,31). The normalized spacial score (nSPS) is 11.1. The Hall–Kier alpha value is -3.17. The van der Waals surface area contributed by atoms with Gasteiger partial charge in [-0.25, -0.2) is 4.98 Å². The van der Waals surface area contributed by atoms with Gasteiger partial charge in [0.05, 0.1) is 34.0 Å². The van der Waals surface area contributed by atoms with E-state index in [1.807, 2.05) is 6.07 Å². The smallest absolute Gasteiger partial charge is 0.364 e. The number of halogens is 5. The van der Waals surface area contributed by atoms with E-state index in [0.29, 0.717) is 5.69 Å². The molecule has 0 aliphatic heterocycles. The largest absolute Gasteiger partial charge is 0.416 e. The van der Waals surface area contributed by atoms with Crippen molar-refractivity contribution in [1.82, 2.24) is 9.97 Å². The van der Waals surface area contributed by atoms with Gasteiger partial charge in [-0.1, -0.05) is 29.3 Å². The van der Waals surface area contributed by atoms with Gasteiger partial charge in [0.15, 0.2) is 0 Å². The third kappa shape index (κ3) is 5.50. The lowest BCUT2D eigenvalue weighted by molar-refractivity contribution is -0.137. The molecule has 3 aromatic rings. The molecule has 11 heteroatoms. The molecule has 0 aliphatic rings. The summed E-state index contributed by atoms with van der Waals surface area (Å²) in [4.78, 5) is 20.9. The predicted molar refractivity (Wildman–Crippen MR) is 113 cm³/mol. The molecule has 3 N–H and O–H groups in total. The van der Waals surface area contributed by atoms with Crippen LogP contribution in [0.3, 0.4) is 0 Å². The van der Waals surface area contributed by atoms with E-state index in [0.717, 1.165) is 24.3 Å². The molecule has 0 aliphatic carbocycles. The molecule has 0 saturated heterocycles. The Balaban J connectivity index is 1.81. The Bertz CT molecular complexity index is 1110. The lowest BCUT2D eigenvalue weighted by Crippen LogP contribution is -2.16. The van der Waals surface area contributed by atoms with Crippen LogP contribution in [0.4, 0.5) is 24.7 Å². The number of alkyl halides is 3. The Morgan fingerprint density at radius 3 is 2.39 bits per heavy atom. The van der Waals surface area contributed by atoms with Crippen molar-refractivity contribution in [2.75, 3.05) is 10.6 Å². The molecule has 0 radical (unpaired) electrons. The lowest BCUT2D eigenvalue weighted by Gasteiger charge is -2.14. The number of aromatic nitrogens is 2. The number of carbonyl (C=O) groups excluding carboxylic acids is 1. The van der Waals surface area contributed by atoms with Crippen LogP contribution >= 0.6 is 23.2 Å². The first-order valence-corrected chi connectivity index (χ1v) is 9.47. The monoisotopic (exact) mass is 467 g/mol. The average molecular weight is 468 g/mol. The fourth-order valence-corrected chi connectivity index (χ4v) is 3.15. The number of rotatable bonds is 6. The van der Waals surface area contributed by atoms with Crippen LogP contribution in [0, 0.1) is 5.41 Å². The maximum Gasteiger partial charge on any atom is 0.416 e. The van der Waals surface area contributed by atoms with E-state index in [1.165, 1.54) is 6.20 Å². The molecular weight excluding hydrogens is 454 g/mol. The molecule has 0 unspecified atom stereocenters. The number of nitrogens with one attached hydrogen (secondary N) is 3. The van der Waals surface area contributed by atoms with Crippen LogP contribution in [0.5, 0.6) is 0 Å². The van der Waals surface area contributed by atoms with E-state index < -0.39 is 22.8 Å². The van der Waals surface area contributed by atoms with Crippen LogP contribution in [0.15, 0.2) is 54.9 Å². The minimum absolute atomic E-state index is 0.0133. The van der Waals surface area contributed by atoms with Crippen LogP contribution in [0.2, 0.25) is 5.02 Å². The summed E-state index contributed by atoms with van der Waals surface area (Å²) in [6.07, 6.45) is -1.67. The zero-order valence-corrected chi connectivity index (χ0v) is 17.1. The third-order valence-electron chi connectivity index (χ3n) is 4.11. The van der Waals surface area contributed by atoms with Crippen molar-refractivity contribution >= 4 is 45.8 Å². The number of amides is 1. The second kappa shape index (κ2) is 9.32. The average Bonchev–Trinajstić information content (AvgIpc) is 2.72. The highest BCUT2D eigenvalue weighted by atomic mass is 35.5. The summed E-state index contributed by atoms with van der Waals surface area (Å²) in [7, 11) is 0. The van der Waals surface area contributed by atoms with Crippen LogP contribution < -0.4 is 10.6 Å². The minimum Gasteiger partial charge on any atom is -0.364 e.